The summed E-state index contributed by atoms with van der Waals surface area (Å²) in [7, 11) is 0. The summed E-state index contributed by atoms with van der Waals surface area (Å²) in [4.78, 5) is 4.18. The fraction of sp³-hybridized carbons (Fsp3) is 0.833. The van der Waals surface area contributed by atoms with Gasteiger partial charge in [0.15, 0.2) is 0 Å². The van der Waals surface area contributed by atoms with Crippen LogP contribution in [0.25, 0.3) is 0 Å². The minimum atomic E-state index is -0.407. The molecule has 1 unspecified atom stereocenters. The van der Waals surface area contributed by atoms with Crippen LogP contribution in [-0.4, -0.2) is 39.1 Å². The Bertz CT molecular complexity index is 322. The Morgan fingerprint density at radius 3 is 2.59 bits per heavy atom. The van der Waals surface area contributed by atoms with E-state index in [9.17, 15) is 5.11 Å². The van der Waals surface area contributed by atoms with Crippen molar-refractivity contribution in [3.8, 4) is 0 Å². The van der Waals surface area contributed by atoms with Crippen molar-refractivity contribution in [2.24, 2.45) is 5.92 Å². The predicted octanol–water partition coefficient (Wildman–Crippen LogP) is 1.01. The molecule has 1 heterocycles. The van der Waals surface area contributed by atoms with E-state index < -0.39 is 6.10 Å². The molecule has 0 saturated carbocycles. The van der Waals surface area contributed by atoms with Crippen LogP contribution in [0.15, 0.2) is 6.33 Å². The summed E-state index contributed by atoms with van der Waals surface area (Å²) < 4.78 is 1.85. The van der Waals surface area contributed by atoms with E-state index in [4.69, 9.17) is 0 Å². The van der Waals surface area contributed by atoms with E-state index in [-0.39, 0.29) is 6.04 Å². The molecule has 0 aromatic carbocycles. The minimum absolute atomic E-state index is 0.281. The maximum absolute atomic E-state index is 9.90. The lowest BCUT2D eigenvalue weighted by Gasteiger charge is -2.14. The zero-order valence-corrected chi connectivity index (χ0v) is 11.2. The largest absolute Gasteiger partial charge is 0.391 e. The molecule has 0 spiro atoms. The zero-order chi connectivity index (χ0) is 12.8. The molecule has 0 aliphatic rings. The lowest BCUT2D eigenvalue weighted by Crippen LogP contribution is -2.31. The van der Waals surface area contributed by atoms with Crippen LogP contribution >= 0.6 is 0 Å². The number of nitrogens with one attached hydrogen (secondary N) is 1. The van der Waals surface area contributed by atoms with E-state index in [1.807, 2.05) is 4.68 Å². The molecule has 1 aromatic rings. The van der Waals surface area contributed by atoms with Gasteiger partial charge < -0.3 is 10.4 Å². The van der Waals surface area contributed by atoms with Gasteiger partial charge in [0.2, 0.25) is 0 Å². The van der Waals surface area contributed by atoms with Crippen molar-refractivity contribution in [2.75, 3.05) is 13.1 Å². The summed E-state index contributed by atoms with van der Waals surface area (Å²) in [6.45, 7) is 9.93. The van der Waals surface area contributed by atoms with Gasteiger partial charge in [-0.3, -0.25) is 0 Å². The van der Waals surface area contributed by atoms with Crippen LogP contribution in [0, 0.1) is 5.92 Å². The lowest BCUT2D eigenvalue weighted by molar-refractivity contribution is 0.166. The maximum Gasteiger partial charge on any atom is 0.138 e. The average molecular weight is 240 g/mol. The number of hydrogen-bond acceptors (Lipinski definition) is 4. The number of aliphatic hydroxyl groups excluding tert-OH is 1. The highest BCUT2D eigenvalue weighted by molar-refractivity contribution is 4.89. The van der Waals surface area contributed by atoms with Gasteiger partial charge in [-0.1, -0.05) is 13.8 Å². The summed E-state index contributed by atoms with van der Waals surface area (Å²) in [5.41, 5.74) is 0. The second-order valence-electron chi connectivity index (χ2n) is 5.12. The Kier molecular flexibility index (Phi) is 5.58. The van der Waals surface area contributed by atoms with Gasteiger partial charge >= 0.3 is 0 Å². The summed E-state index contributed by atoms with van der Waals surface area (Å²) in [6.07, 6.45) is 1.68. The fourth-order valence-electron chi connectivity index (χ4n) is 1.67. The number of aliphatic hydroxyl groups is 1. The molecule has 5 nitrogen and oxygen atoms in total. The Hall–Kier alpha value is -0.940. The normalized spacial score (nSPS) is 13.6. The van der Waals surface area contributed by atoms with E-state index >= 15 is 0 Å². The standard InChI is InChI=1S/C12H24N4O/c1-9(2)6-13-7-11(17)5-12-14-8-15-16(12)10(3)4/h8-11,13,17H,5-7H2,1-4H3. The molecule has 0 fully saturated rings. The number of rotatable bonds is 7. The van der Waals surface area contributed by atoms with Gasteiger partial charge in [-0.15, -0.1) is 0 Å². The smallest absolute Gasteiger partial charge is 0.138 e. The van der Waals surface area contributed by atoms with Crippen LogP contribution < -0.4 is 5.32 Å². The molecule has 0 aliphatic heterocycles. The predicted molar refractivity (Wildman–Crippen MR) is 67.8 cm³/mol. The molecule has 0 saturated heterocycles. The molecule has 0 bridgehead atoms. The first kappa shape index (κ1) is 14.1. The zero-order valence-electron chi connectivity index (χ0n) is 11.2. The summed E-state index contributed by atoms with van der Waals surface area (Å²) in [6, 6.07) is 0.281. The van der Waals surface area contributed by atoms with Crippen LogP contribution in [-0.2, 0) is 6.42 Å². The summed E-state index contributed by atoms with van der Waals surface area (Å²) >= 11 is 0. The van der Waals surface area contributed by atoms with Crippen LogP contribution in [0.5, 0.6) is 0 Å². The van der Waals surface area contributed by atoms with Crippen LogP contribution in [0.3, 0.4) is 0 Å². The van der Waals surface area contributed by atoms with Crippen molar-refractivity contribution in [3.05, 3.63) is 12.2 Å². The molecule has 1 atom stereocenters. The molecule has 98 valence electrons. The Balaban J connectivity index is 2.39. The van der Waals surface area contributed by atoms with E-state index in [1.54, 1.807) is 6.33 Å². The van der Waals surface area contributed by atoms with E-state index in [0.29, 0.717) is 18.9 Å². The van der Waals surface area contributed by atoms with Crippen molar-refractivity contribution in [2.45, 2.75) is 46.3 Å². The van der Waals surface area contributed by atoms with Crippen molar-refractivity contribution in [3.63, 3.8) is 0 Å². The van der Waals surface area contributed by atoms with Gasteiger partial charge in [-0.2, -0.15) is 5.10 Å². The average Bonchev–Trinajstić information content (AvgIpc) is 2.65. The van der Waals surface area contributed by atoms with Gasteiger partial charge in [0.05, 0.1) is 6.10 Å². The molecule has 0 radical (unpaired) electrons. The minimum Gasteiger partial charge on any atom is -0.391 e. The SMILES string of the molecule is CC(C)CNCC(O)Cc1ncnn1C(C)C. The first-order chi connectivity index (χ1) is 8.00. The second kappa shape index (κ2) is 6.71. The third-order valence-corrected chi connectivity index (χ3v) is 2.49. The molecular formula is C12H24N4O. The van der Waals surface area contributed by atoms with Gasteiger partial charge in [0.1, 0.15) is 12.2 Å². The van der Waals surface area contributed by atoms with Gasteiger partial charge in [0, 0.05) is 19.0 Å². The first-order valence-corrected chi connectivity index (χ1v) is 6.27. The second-order valence-corrected chi connectivity index (χ2v) is 5.12. The van der Waals surface area contributed by atoms with Crippen molar-refractivity contribution < 1.29 is 5.11 Å². The Morgan fingerprint density at radius 2 is 2.00 bits per heavy atom. The first-order valence-electron chi connectivity index (χ1n) is 6.27. The third kappa shape index (κ3) is 4.83. The van der Waals surface area contributed by atoms with Crippen molar-refractivity contribution in [1.29, 1.82) is 0 Å². The highest BCUT2D eigenvalue weighted by Crippen LogP contribution is 2.07. The van der Waals surface area contributed by atoms with Gasteiger partial charge in [0.25, 0.3) is 0 Å². The summed E-state index contributed by atoms with van der Waals surface area (Å²) in [5.74, 6) is 1.44. The monoisotopic (exact) mass is 240 g/mol. The highest BCUT2D eigenvalue weighted by Gasteiger charge is 2.12. The van der Waals surface area contributed by atoms with Crippen molar-refractivity contribution >= 4 is 0 Å². The topological polar surface area (TPSA) is 63.0 Å². The molecule has 0 amide bonds. The molecular weight excluding hydrogens is 216 g/mol. The number of hydrogen-bond donors (Lipinski definition) is 2. The quantitative estimate of drug-likeness (QED) is 0.746. The van der Waals surface area contributed by atoms with Crippen molar-refractivity contribution in [1.82, 2.24) is 20.1 Å². The summed E-state index contributed by atoms with van der Waals surface area (Å²) in [5, 5.41) is 17.3. The third-order valence-electron chi connectivity index (χ3n) is 2.49. The van der Waals surface area contributed by atoms with Crippen LogP contribution in [0.1, 0.15) is 39.6 Å². The van der Waals surface area contributed by atoms with Gasteiger partial charge in [-0.05, 0) is 26.3 Å². The van der Waals surface area contributed by atoms with E-state index in [2.05, 4.69) is 43.1 Å². The fourth-order valence-corrected chi connectivity index (χ4v) is 1.67. The van der Waals surface area contributed by atoms with Crippen LogP contribution in [0.2, 0.25) is 0 Å². The molecule has 0 aliphatic carbocycles. The Morgan fingerprint density at radius 1 is 1.29 bits per heavy atom. The molecule has 5 heteroatoms. The van der Waals surface area contributed by atoms with Crippen LogP contribution in [0.4, 0.5) is 0 Å². The maximum atomic E-state index is 9.90. The van der Waals surface area contributed by atoms with E-state index in [0.717, 1.165) is 12.4 Å². The molecule has 1 aromatic heterocycles. The highest BCUT2D eigenvalue weighted by atomic mass is 16.3. The lowest BCUT2D eigenvalue weighted by atomic mass is 10.2. The molecule has 1 rings (SSSR count). The molecule has 17 heavy (non-hydrogen) atoms. The van der Waals surface area contributed by atoms with Gasteiger partial charge in [-0.25, -0.2) is 9.67 Å². The Labute approximate surface area is 103 Å². The van der Waals surface area contributed by atoms with E-state index in [1.165, 1.54) is 0 Å². The molecule has 2 N–H and O–H groups in total. The number of nitrogens with zero attached hydrogens (tertiary/aromatic N) is 3. The number of aromatic nitrogens is 3.